The van der Waals surface area contributed by atoms with Crippen LogP contribution in [0.25, 0.3) is 27.4 Å². The second kappa shape index (κ2) is 6.43. The Hall–Kier alpha value is -3.79. The lowest BCUT2D eigenvalue weighted by atomic mass is 10.3. The SMILES string of the molecule is O=[N+]([O-])c1ccccc1OCc1ccc(-c2nc3c4ccsc4ncn3n2)o1. The van der Waals surface area contributed by atoms with Crippen molar-refractivity contribution in [3.05, 3.63) is 70.0 Å². The molecule has 0 radical (unpaired) electrons. The van der Waals surface area contributed by atoms with Crippen molar-refractivity contribution >= 4 is 32.9 Å². The minimum atomic E-state index is -0.483. The van der Waals surface area contributed by atoms with Gasteiger partial charge in [-0.15, -0.1) is 16.4 Å². The number of para-hydroxylation sites is 2. The van der Waals surface area contributed by atoms with Gasteiger partial charge < -0.3 is 9.15 Å². The van der Waals surface area contributed by atoms with Gasteiger partial charge >= 0.3 is 5.69 Å². The van der Waals surface area contributed by atoms with Gasteiger partial charge in [-0.1, -0.05) is 12.1 Å². The molecule has 9 nitrogen and oxygen atoms in total. The number of nitro benzene ring substituents is 1. The van der Waals surface area contributed by atoms with Gasteiger partial charge in [0.25, 0.3) is 0 Å². The molecule has 4 heterocycles. The van der Waals surface area contributed by atoms with Crippen LogP contribution in [-0.4, -0.2) is 24.5 Å². The number of nitro groups is 1. The quantitative estimate of drug-likeness (QED) is 0.327. The number of thiophene rings is 1. The van der Waals surface area contributed by atoms with E-state index in [0.717, 1.165) is 10.2 Å². The zero-order valence-corrected chi connectivity index (χ0v) is 15.0. The molecule has 0 aliphatic carbocycles. The van der Waals surface area contributed by atoms with E-state index in [0.29, 0.717) is 23.0 Å². The standard InChI is InChI=1S/C18H11N5O4S/c24-23(25)13-3-1-2-4-14(13)26-9-11-5-6-15(27-11)16-20-17-12-7-8-28-18(12)19-10-22(17)21-16/h1-8,10H,9H2. The van der Waals surface area contributed by atoms with Crippen LogP contribution in [0.4, 0.5) is 5.69 Å². The fraction of sp³-hybridized carbons (Fsp3) is 0.0556. The highest BCUT2D eigenvalue weighted by Crippen LogP contribution is 2.28. The Balaban J connectivity index is 1.41. The second-order valence-electron chi connectivity index (χ2n) is 5.87. The second-order valence-corrected chi connectivity index (χ2v) is 6.76. The Morgan fingerprint density at radius 2 is 2.11 bits per heavy atom. The van der Waals surface area contributed by atoms with E-state index < -0.39 is 4.92 Å². The van der Waals surface area contributed by atoms with Gasteiger partial charge in [0.05, 0.1) is 10.3 Å². The number of ether oxygens (including phenoxy) is 1. The smallest absolute Gasteiger partial charge is 0.310 e. The van der Waals surface area contributed by atoms with Crippen LogP contribution >= 0.6 is 11.3 Å². The van der Waals surface area contributed by atoms with Crippen LogP contribution < -0.4 is 4.74 Å². The Labute approximate surface area is 161 Å². The number of aromatic nitrogens is 4. The van der Waals surface area contributed by atoms with Crippen molar-refractivity contribution in [2.24, 2.45) is 0 Å². The minimum Gasteiger partial charge on any atom is -0.479 e. The van der Waals surface area contributed by atoms with E-state index in [1.807, 2.05) is 11.4 Å². The van der Waals surface area contributed by atoms with Crippen molar-refractivity contribution in [3.63, 3.8) is 0 Å². The Morgan fingerprint density at radius 3 is 3.00 bits per heavy atom. The molecule has 138 valence electrons. The first-order valence-corrected chi connectivity index (χ1v) is 9.11. The topological polar surface area (TPSA) is 109 Å². The van der Waals surface area contributed by atoms with E-state index in [-0.39, 0.29) is 18.0 Å². The molecule has 0 atom stereocenters. The molecular weight excluding hydrogens is 382 g/mol. The van der Waals surface area contributed by atoms with Gasteiger partial charge in [0.15, 0.2) is 17.2 Å². The highest BCUT2D eigenvalue weighted by atomic mass is 32.1. The first-order valence-electron chi connectivity index (χ1n) is 8.23. The molecule has 0 amide bonds. The number of rotatable bonds is 5. The predicted octanol–water partition coefficient (Wildman–Crippen LogP) is 4.09. The molecule has 4 aromatic heterocycles. The van der Waals surface area contributed by atoms with Crippen LogP contribution in [0.2, 0.25) is 0 Å². The van der Waals surface area contributed by atoms with Gasteiger partial charge in [0, 0.05) is 6.07 Å². The molecule has 5 aromatic rings. The number of hydrogen-bond donors (Lipinski definition) is 0. The molecule has 0 N–H and O–H groups in total. The van der Waals surface area contributed by atoms with Crippen molar-refractivity contribution in [2.45, 2.75) is 6.61 Å². The lowest BCUT2D eigenvalue weighted by molar-refractivity contribution is -0.386. The maximum absolute atomic E-state index is 11.1. The van der Waals surface area contributed by atoms with Crippen LogP contribution in [0.15, 0.2) is 58.6 Å². The molecule has 0 fully saturated rings. The summed E-state index contributed by atoms with van der Waals surface area (Å²) in [5.74, 6) is 1.60. The number of hydrogen-bond acceptors (Lipinski definition) is 8. The molecule has 0 saturated heterocycles. The molecule has 0 unspecified atom stereocenters. The van der Waals surface area contributed by atoms with E-state index >= 15 is 0 Å². The van der Waals surface area contributed by atoms with E-state index in [1.54, 1.807) is 41.2 Å². The molecule has 0 aliphatic heterocycles. The molecule has 0 spiro atoms. The Bertz CT molecular complexity index is 1320. The molecule has 1 aromatic carbocycles. The first-order chi connectivity index (χ1) is 13.7. The van der Waals surface area contributed by atoms with E-state index in [1.165, 1.54) is 17.4 Å². The van der Waals surface area contributed by atoms with Gasteiger partial charge in [-0.05, 0) is 29.6 Å². The zero-order valence-electron chi connectivity index (χ0n) is 14.2. The van der Waals surface area contributed by atoms with E-state index in [4.69, 9.17) is 9.15 Å². The third-order valence-electron chi connectivity index (χ3n) is 4.12. The number of fused-ring (bicyclic) bond motifs is 3. The van der Waals surface area contributed by atoms with Crippen molar-refractivity contribution in [1.29, 1.82) is 0 Å². The van der Waals surface area contributed by atoms with Gasteiger partial charge in [-0.25, -0.2) is 14.5 Å². The van der Waals surface area contributed by atoms with Gasteiger partial charge in [0.1, 0.15) is 23.5 Å². The number of benzene rings is 1. The van der Waals surface area contributed by atoms with Gasteiger partial charge in [-0.2, -0.15) is 0 Å². The number of nitrogens with zero attached hydrogens (tertiary/aromatic N) is 5. The summed E-state index contributed by atoms with van der Waals surface area (Å²) < 4.78 is 12.9. The van der Waals surface area contributed by atoms with Crippen molar-refractivity contribution in [3.8, 4) is 17.3 Å². The number of furan rings is 1. The summed E-state index contributed by atoms with van der Waals surface area (Å²) in [7, 11) is 0. The summed E-state index contributed by atoms with van der Waals surface area (Å²) in [6, 6.07) is 11.6. The highest BCUT2D eigenvalue weighted by Gasteiger charge is 2.16. The average molecular weight is 393 g/mol. The summed E-state index contributed by atoms with van der Waals surface area (Å²) in [4.78, 5) is 20.4. The summed E-state index contributed by atoms with van der Waals surface area (Å²) in [6.07, 6.45) is 1.62. The van der Waals surface area contributed by atoms with Crippen LogP contribution in [0.3, 0.4) is 0 Å². The van der Waals surface area contributed by atoms with Gasteiger partial charge in [0.2, 0.25) is 5.82 Å². The molecular formula is C18H11N5O4S. The minimum absolute atomic E-state index is 0.0502. The van der Waals surface area contributed by atoms with Gasteiger partial charge in [-0.3, -0.25) is 10.1 Å². The molecule has 28 heavy (non-hydrogen) atoms. The molecule has 0 saturated carbocycles. The highest BCUT2D eigenvalue weighted by molar-refractivity contribution is 7.16. The molecule has 5 rings (SSSR count). The first kappa shape index (κ1) is 16.4. The predicted molar refractivity (Wildman–Crippen MR) is 101 cm³/mol. The molecule has 10 heteroatoms. The van der Waals surface area contributed by atoms with Crippen LogP contribution in [0.1, 0.15) is 5.76 Å². The third-order valence-corrected chi connectivity index (χ3v) is 4.94. The lowest BCUT2D eigenvalue weighted by Crippen LogP contribution is -1.97. The van der Waals surface area contributed by atoms with Crippen LogP contribution in [0, 0.1) is 10.1 Å². The largest absolute Gasteiger partial charge is 0.479 e. The monoisotopic (exact) mass is 393 g/mol. The normalized spacial score (nSPS) is 11.3. The fourth-order valence-corrected chi connectivity index (χ4v) is 3.55. The van der Waals surface area contributed by atoms with E-state index in [9.17, 15) is 10.1 Å². The molecule has 0 aliphatic rings. The van der Waals surface area contributed by atoms with Crippen molar-refractivity contribution < 1.29 is 14.1 Å². The maximum Gasteiger partial charge on any atom is 0.310 e. The maximum atomic E-state index is 11.1. The Kier molecular flexibility index (Phi) is 3.76. The molecule has 0 bridgehead atoms. The summed E-state index contributed by atoms with van der Waals surface area (Å²) in [5.41, 5.74) is 0.610. The van der Waals surface area contributed by atoms with Crippen molar-refractivity contribution in [2.75, 3.05) is 0 Å². The summed E-state index contributed by atoms with van der Waals surface area (Å²) in [6.45, 7) is 0.0502. The van der Waals surface area contributed by atoms with Crippen LogP contribution in [0.5, 0.6) is 5.75 Å². The van der Waals surface area contributed by atoms with E-state index in [2.05, 4.69) is 15.1 Å². The summed E-state index contributed by atoms with van der Waals surface area (Å²) >= 11 is 1.54. The zero-order chi connectivity index (χ0) is 19.1. The lowest BCUT2D eigenvalue weighted by Gasteiger charge is -2.04. The Morgan fingerprint density at radius 1 is 1.21 bits per heavy atom. The fourth-order valence-electron chi connectivity index (χ4n) is 2.82. The average Bonchev–Trinajstić information content (AvgIpc) is 3.43. The van der Waals surface area contributed by atoms with Crippen molar-refractivity contribution in [1.82, 2.24) is 19.6 Å². The van der Waals surface area contributed by atoms with Crippen LogP contribution in [-0.2, 0) is 6.61 Å². The summed E-state index contributed by atoms with van der Waals surface area (Å²) in [5, 5.41) is 18.3. The third kappa shape index (κ3) is 2.76.